The van der Waals surface area contributed by atoms with Crippen LogP contribution in [0, 0.1) is 5.41 Å². The van der Waals surface area contributed by atoms with Crippen molar-refractivity contribution in [3.63, 3.8) is 0 Å². The van der Waals surface area contributed by atoms with Crippen LogP contribution in [0.4, 0.5) is 0 Å². The summed E-state index contributed by atoms with van der Waals surface area (Å²) in [4.78, 5) is 12.7. The maximum Gasteiger partial charge on any atom is 0.227 e. The smallest absolute Gasteiger partial charge is 0.227 e. The van der Waals surface area contributed by atoms with Crippen molar-refractivity contribution in [1.29, 1.82) is 0 Å². The lowest BCUT2D eigenvalue weighted by molar-refractivity contribution is -0.131. The minimum Gasteiger partial charge on any atom is -0.349 e. The molecule has 3 nitrogen and oxygen atoms in total. The van der Waals surface area contributed by atoms with Crippen molar-refractivity contribution < 1.29 is 4.79 Å². The first kappa shape index (κ1) is 15.0. The lowest BCUT2D eigenvalue weighted by Crippen LogP contribution is -2.45. The lowest BCUT2D eigenvalue weighted by Gasteiger charge is -2.28. The average molecular weight is 296 g/mol. The van der Waals surface area contributed by atoms with E-state index in [4.69, 9.17) is 5.73 Å². The fourth-order valence-corrected chi connectivity index (χ4v) is 3.63. The standard InChI is InChI=1S/C19H24N2O/c1-14(21-18(22)19(13-20)11-4-5-12-19)16-10-6-8-15-7-2-3-9-17(15)16/h2-3,6-10,14H,4-5,11-13,20H2,1H3,(H,21,22). The van der Waals surface area contributed by atoms with Gasteiger partial charge in [-0.25, -0.2) is 0 Å². The van der Waals surface area contributed by atoms with Gasteiger partial charge in [0.05, 0.1) is 11.5 Å². The van der Waals surface area contributed by atoms with Gasteiger partial charge in [-0.15, -0.1) is 0 Å². The minimum atomic E-state index is -0.348. The molecule has 0 heterocycles. The molecule has 1 aliphatic rings. The Labute approximate surface area is 131 Å². The van der Waals surface area contributed by atoms with Gasteiger partial charge in [0.15, 0.2) is 0 Å². The summed E-state index contributed by atoms with van der Waals surface area (Å²) in [6.45, 7) is 2.50. The largest absolute Gasteiger partial charge is 0.349 e. The normalized spacial score (nSPS) is 18.3. The summed E-state index contributed by atoms with van der Waals surface area (Å²) < 4.78 is 0. The van der Waals surface area contributed by atoms with E-state index in [-0.39, 0.29) is 17.4 Å². The maximum atomic E-state index is 12.7. The highest BCUT2D eigenvalue weighted by atomic mass is 16.2. The van der Waals surface area contributed by atoms with Crippen LogP contribution < -0.4 is 11.1 Å². The Morgan fingerprint density at radius 2 is 1.86 bits per heavy atom. The number of nitrogens with one attached hydrogen (secondary N) is 1. The summed E-state index contributed by atoms with van der Waals surface area (Å²) >= 11 is 0. The second-order valence-corrected chi connectivity index (χ2v) is 6.46. The Bertz CT molecular complexity index is 669. The van der Waals surface area contributed by atoms with Crippen LogP contribution in [0.15, 0.2) is 42.5 Å². The van der Waals surface area contributed by atoms with Crippen LogP contribution in [0.25, 0.3) is 10.8 Å². The van der Waals surface area contributed by atoms with E-state index in [1.807, 2.05) is 12.1 Å². The van der Waals surface area contributed by atoms with Gasteiger partial charge < -0.3 is 11.1 Å². The molecule has 0 saturated heterocycles. The van der Waals surface area contributed by atoms with Crippen LogP contribution in [0.2, 0.25) is 0 Å². The first-order chi connectivity index (χ1) is 10.7. The molecule has 116 valence electrons. The van der Waals surface area contributed by atoms with Crippen LogP contribution in [0.3, 0.4) is 0 Å². The van der Waals surface area contributed by atoms with Crippen molar-refractivity contribution in [3.05, 3.63) is 48.0 Å². The Kier molecular flexibility index (Phi) is 4.16. The van der Waals surface area contributed by atoms with Crippen LogP contribution in [0.1, 0.15) is 44.2 Å². The number of nitrogens with two attached hydrogens (primary N) is 1. The molecule has 1 unspecified atom stereocenters. The summed E-state index contributed by atoms with van der Waals surface area (Å²) in [7, 11) is 0. The monoisotopic (exact) mass is 296 g/mol. The number of carbonyl (C=O) groups is 1. The molecule has 1 fully saturated rings. The fourth-order valence-electron chi connectivity index (χ4n) is 3.63. The van der Waals surface area contributed by atoms with E-state index in [1.54, 1.807) is 0 Å². The molecule has 1 atom stereocenters. The SMILES string of the molecule is CC(NC(=O)C1(CN)CCCC1)c1cccc2ccccc12. The van der Waals surface area contributed by atoms with E-state index >= 15 is 0 Å². The van der Waals surface area contributed by atoms with E-state index in [0.29, 0.717) is 6.54 Å². The Balaban J connectivity index is 1.84. The summed E-state index contributed by atoms with van der Waals surface area (Å²) in [5.74, 6) is 0.118. The van der Waals surface area contributed by atoms with Gasteiger partial charge in [0.2, 0.25) is 5.91 Å². The van der Waals surface area contributed by atoms with Gasteiger partial charge in [0, 0.05) is 6.54 Å². The van der Waals surface area contributed by atoms with Gasteiger partial charge in [-0.3, -0.25) is 4.79 Å². The average Bonchev–Trinajstić information content (AvgIpc) is 3.04. The molecule has 3 rings (SSSR count). The van der Waals surface area contributed by atoms with Crippen LogP contribution >= 0.6 is 0 Å². The van der Waals surface area contributed by atoms with Crippen LogP contribution in [0.5, 0.6) is 0 Å². The zero-order valence-electron chi connectivity index (χ0n) is 13.1. The van der Waals surface area contributed by atoms with Crippen molar-refractivity contribution >= 4 is 16.7 Å². The van der Waals surface area contributed by atoms with Gasteiger partial charge in [0.1, 0.15) is 0 Å². The third kappa shape index (κ3) is 2.61. The molecule has 22 heavy (non-hydrogen) atoms. The summed E-state index contributed by atoms with van der Waals surface area (Å²) in [6, 6.07) is 14.5. The molecule has 0 bridgehead atoms. The molecule has 2 aromatic carbocycles. The first-order valence-corrected chi connectivity index (χ1v) is 8.15. The highest BCUT2D eigenvalue weighted by Gasteiger charge is 2.40. The predicted octanol–water partition coefficient (Wildman–Crippen LogP) is 3.54. The van der Waals surface area contributed by atoms with Gasteiger partial charge in [-0.05, 0) is 36.1 Å². The Hall–Kier alpha value is -1.87. The fraction of sp³-hybridized carbons (Fsp3) is 0.421. The number of amides is 1. The molecule has 1 amide bonds. The number of hydrogen-bond acceptors (Lipinski definition) is 2. The molecule has 0 aliphatic heterocycles. The van der Waals surface area contributed by atoms with E-state index in [9.17, 15) is 4.79 Å². The highest BCUT2D eigenvalue weighted by Crippen LogP contribution is 2.38. The topological polar surface area (TPSA) is 55.1 Å². The number of benzene rings is 2. The van der Waals surface area contributed by atoms with Gasteiger partial charge in [0.25, 0.3) is 0 Å². The molecule has 3 N–H and O–H groups in total. The molecule has 3 heteroatoms. The van der Waals surface area contributed by atoms with Crippen LogP contribution in [-0.2, 0) is 4.79 Å². The summed E-state index contributed by atoms with van der Waals surface area (Å²) in [6.07, 6.45) is 4.04. The predicted molar refractivity (Wildman–Crippen MR) is 90.5 cm³/mol. The molecule has 1 saturated carbocycles. The molecule has 0 spiro atoms. The zero-order valence-corrected chi connectivity index (χ0v) is 13.1. The third-order valence-electron chi connectivity index (χ3n) is 5.07. The highest BCUT2D eigenvalue weighted by molar-refractivity contribution is 5.88. The zero-order chi connectivity index (χ0) is 15.6. The number of hydrogen-bond donors (Lipinski definition) is 2. The quantitative estimate of drug-likeness (QED) is 0.906. The van der Waals surface area contributed by atoms with Crippen molar-refractivity contribution in [2.75, 3.05) is 6.54 Å². The van der Waals surface area contributed by atoms with Gasteiger partial charge in [-0.1, -0.05) is 55.3 Å². The molecule has 0 radical (unpaired) electrons. The summed E-state index contributed by atoms with van der Waals surface area (Å²) in [5, 5.41) is 5.61. The van der Waals surface area contributed by atoms with E-state index < -0.39 is 0 Å². The molecule has 1 aliphatic carbocycles. The number of rotatable bonds is 4. The Morgan fingerprint density at radius 3 is 2.59 bits per heavy atom. The van der Waals surface area contributed by atoms with Gasteiger partial charge in [-0.2, -0.15) is 0 Å². The second-order valence-electron chi connectivity index (χ2n) is 6.46. The van der Waals surface area contributed by atoms with Crippen molar-refractivity contribution in [3.8, 4) is 0 Å². The summed E-state index contributed by atoms with van der Waals surface area (Å²) in [5.41, 5.74) is 6.73. The Morgan fingerprint density at radius 1 is 1.18 bits per heavy atom. The number of carbonyl (C=O) groups excluding carboxylic acids is 1. The molecular formula is C19H24N2O. The van der Waals surface area contributed by atoms with Crippen LogP contribution in [-0.4, -0.2) is 12.5 Å². The van der Waals surface area contributed by atoms with E-state index in [0.717, 1.165) is 31.2 Å². The van der Waals surface area contributed by atoms with Crippen molar-refractivity contribution in [1.82, 2.24) is 5.32 Å². The van der Waals surface area contributed by atoms with Gasteiger partial charge >= 0.3 is 0 Å². The molecular weight excluding hydrogens is 272 g/mol. The molecule has 2 aromatic rings. The van der Waals surface area contributed by atoms with Crippen molar-refractivity contribution in [2.24, 2.45) is 11.1 Å². The minimum absolute atomic E-state index is 0.0115. The second kappa shape index (κ2) is 6.09. The molecule has 0 aromatic heterocycles. The van der Waals surface area contributed by atoms with E-state index in [1.165, 1.54) is 10.8 Å². The maximum absolute atomic E-state index is 12.7. The lowest BCUT2D eigenvalue weighted by atomic mass is 9.84. The first-order valence-electron chi connectivity index (χ1n) is 8.15. The van der Waals surface area contributed by atoms with E-state index in [2.05, 4.69) is 42.6 Å². The number of fused-ring (bicyclic) bond motifs is 1. The third-order valence-corrected chi connectivity index (χ3v) is 5.07. The van der Waals surface area contributed by atoms with Crippen molar-refractivity contribution in [2.45, 2.75) is 38.6 Å².